The Balaban J connectivity index is 0.000000848. The number of aromatic nitrogens is 1. The van der Waals surface area contributed by atoms with E-state index in [4.69, 9.17) is 0 Å². The zero-order chi connectivity index (χ0) is 25.7. The number of nitrogens with one attached hydrogen (secondary N) is 1. The van der Waals surface area contributed by atoms with Gasteiger partial charge in [0.1, 0.15) is 0 Å². The highest BCUT2D eigenvalue weighted by molar-refractivity contribution is 5.95. The van der Waals surface area contributed by atoms with Gasteiger partial charge in [-0.3, -0.25) is 4.98 Å². The maximum atomic E-state index is 12.4. The molecule has 4 unspecified atom stereocenters. The minimum Gasteiger partial charge on any atom is -0.393 e. The van der Waals surface area contributed by atoms with E-state index in [9.17, 15) is 10.2 Å². The molecule has 36 heavy (non-hydrogen) atoms. The third-order valence-electron chi connectivity index (χ3n) is 9.78. The van der Waals surface area contributed by atoms with Gasteiger partial charge in [0.15, 0.2) is 0 Å². The lowest BCUT2D eigenvalue weighted by atomic mass is 9.49. The van der Waals surface area contributed by atoms with E-state index in [1.54, 1.807) is 0 Å². The third kappa shape index (κ3) is 3.81. The number of pyridine rings is 1. The molecule has 1 saturated carbocycles. The fourth-order valence-electron chi connectivity index (χ4n) is 7.65. The third-order valence-corrected chi connectivity index (χ3v) is 9.78. The molecule has 1 heterocycles. The highest BCUT2D eigenvalue weighted by Gasteiger charge is 2.62. The van der Waals surface area contributed by atoms with Crippen molar-refractivity contribution in [3.8, 4) is 0 Å². The van der Waals surface area contributed by atoms with E-state index >= 15 is 0 Å². The summed E-state index contributed by atoms with van der Waals surface area (Å²) in [6.07, 6.45) is 16.0. The Hall–Kier alpha value is -2.27. The van der Waals surface area contributed by atoms with Gasteiger partial charge in [-0.1, -0.05) is 62.8 Å². The highest BCUT2D eigenvalue weighted by Crippen LogP contribution is 2.67. The second-order valence-electron chi connectivity index (χ2n) is 12.1. The molecule has 0 spiro atoms. The summed E-state index contributed by atoms with van der Waals surface area (Å²) in [6, 6.07) is 8.61. The molecule has 0 radical (unpaired) electrons. The van der Waals surface area contributed by atoms with Crippen LogP contribution in [0.2, 0.25) is 0 Å². The van der Waals surface area contributed by atoms with Gasteiger partial charge >= 0.3 is 0 Å². The number of fused-ring (bicyclic) bond motifs is 5. The van der Waals surface area contributed by atoms with Crippen LogP contribution in [0.1, 0.15) is 64.9 Å². The lowest BCUT2D eigenvalue weighted by Crippen LogP contribution is -2.55. The summed E-state index contributed by atoms with van der Waals surface area (Å²) in [5.74, 6) is 0.625. The van der Waals surface area contributed by atoms with Crippen molar-refractivity contribution in [3.63, 3.8) is 0 Å². The first-order chi connectivity index (χ1) is 17.2. The summed E-state index contributed by atoms with van der Waals surface area (Å²) in [5.41, 5.74) is 3.89. The van der Waals surface area contributed by atoms with E-state index in [0.29, 0.717) is 5.92 Å². The Bertz CT molecular complexity index is 1240. The van der Waals surface area contributed by atoms with E-state index < -0.39 is 5.60 Å². The Morgan fingerprint density at radius 1 is 1.06 bits per heavy atom. The number of rotatable bonds is 1. The molecule has 4 aliphatic rings. The van der Waals surface area contributed by atoms with Crippen LogP contribution in [-0.2, 0) is 0 Å². The fraction of sp³-hybridized carbons (Fsp3) is 0.531. The van der Waals surface area contributed by atoms with Gasteiger partial charge in [0.25, 0.3) is 0 Å². The van der Waals surface area contributed by atoms with Gasteiger partial charge in [-0.05, 0) is 92.1 Å². The van der Waals surface area contributed by atoms with Gasteiger partial charge in [0.2, 0.25) is 0 Å². The van der Waals surface area contributed by atoms with Gasteiger partial charge in [-0.2, -0.15) is 0 Å². The Morgan fingerprint density at radius 2 is 1.83 bits per heavy atom. The van der Waals surface area contributed by atoms with Crippen LogP contribution in [0.4, 0.5) is 0 Å². The number of nitrogens with zero attached hydrogens (tertiary/aromatic N) is 1. The van der Waals surface area contributed by atoms with Crippen LogP contribution in [-0.4, -0.2) is 41.0 Å². The standard InChI is InChI=1S/C30H35NO2.C2H7N/c1-28(2)17-22-15-21-16-23(32)8-7-19(21)11-13-30(22,33)27-10-9-26(29(27,28)3)24-6-4-5-20-12-14-31-18-25(20)24;1-3-2/h4-6,9,12,14-15,17-19,23,27,32-33H,7-8,10-11,13,16H2,1-3H3;3H,1-2H3/t19?,23?,27?,29?,30-;/m1./s1. The highest BCUT2D eigenvalue weighted by atomic mass is 16.3. The number of aliphatic hydroxyl groups is 2. The number of allylic oxidation sites excluding steroid dienone is 3. The first-order valence-corrected chi connectivity index (χ1v) is 13.6. The van der Waals surface area contributed by atoms with Crippen molar-refractivity contribution >= 4 is 16.3 Å². The Labute approximate surface area is 216 Å². The van der Waals surface area contributed by atoms with Gasteiger partial charge in [0.05, 0.1) is 11.7 Å². The van der Waals surface area contributed by atoms with Crippen molar-refractivity contribution in [2.75, 3.05) is 14.1 Å². The molecule has 1 aromatic heterocycles. The SMILES string of the molecule is CC1(C)C=C2C=C3CC(O)CCC3CC[C@]2(O)C2CC=C(c3cccc4ccncc34)C21C.CNC. The van der Waals surface area contributed by atoms with E-state index in [-0.39, 0.29) is 22.9 Å². The predicted octanol–water partition coefficient (Wildman–Crippen LogP) is 6.06. The molecule has 1 fully saturated rings. The second kappa shape index (κ2) is 9.24. The normalized spacial score (nSPS) is 34.6. The van der Waals surface area contributed by atoms with E-state index in [2.05, 4.69) is 73.6 Å². The van der Waals surface area contributed by atoms with Crippen LogP contribution in [0.3, 0.4) is 0 Å². The molecular weight excluding hydrogens is 444 g/mol. The fourth-order valence-corrected chi connectivity index (χ4v) is 7.65. The average Bonchev–Trinajstić information content (AvgIpc) is 3.15. The van der Waals surface area contributed by atoms with E-state index in [1.807, 2.05) is 26.5 Å². The molecular formula is C32H42N2O2. The molecule has 2 aromatic rings. The molecule has 0 bridgehead atoms. The topological polar surface area (TPSA) is 65.4 Å². The molecule has 4 nitrogen and oxygen atoms in total. The summed E-state index contributed by atoms with van der Waals surface area (Å²) in [4.78, 5) is 4.43. The Morgan fingerprint density at radius 3 is 2.61 bits per heavy atom. The summed E-state index contributed by atoms with van der Waals surface area (Å²) in [6.45, 7) is 7.06. The summed E-state index contributed by atoms with van der Waals surface area (Å²) < 4.78 is 0. The van der Waals surface area contributed by atoms with Crippen LogP contribution in [0.25, 0.3) is 16.3 Å². The van der Waals surface area contributed by atoms with Crippen LogP contribution in [0, 0.1) is 22.7 Å². The smallest absolute Gasteiger partial charge is 0.0933 e. The molecule has 192 valence electrons. The first-order valence-electron chi connectivity index (χ1n) is 13.6. The van der Waals surface area contributed by atoms with Crippen molar-refractivity contribution in [3.05, 3.63) is 71.6 Å². The zero-order valence-corrected chi connectivity index (χ0v) is 22.5. The molecule has 0 amide bonds. The van der Waals surface area contributed by atoms with Crippen LogP contribution in [0.15, 0.2) is 66.0 Å². The van der Waals surface area contributed by atoms with Gasteiger partial charge in [-0.15, -0.1) is 0 Å². The van der Waals surface area contributed by atoms with Crippen molar-refractivity contribution in [2.24, 2.45) is 22.7 Å². The van der Waals surface area contributed by atoms with Crippen molar-refractivity contribution < 1.29 is 10.2 Å². The number of hydrogen-bond acceptors (Lipinski definition) is 4. The van der Waals surface area contributed by atoms with Crippen molar-refractivity contribution in [1.29, 1.82) is 0 Å². The summed E-state index contributed by atoms with van der Waals surface area (Å²) in [5, 5.41) is 27.9. The Kier molecular flexibility index (Phi) is 6.51. The van der Waals surface area contributed by atoms with Gasteiger partial charge < -0.3 is 15.5 Å². The first kappa shape index (κ1) is 25.4. The molecule has 4 heteroatoms. The van der Waals surface area contributed by atoms with Crippen molar-refractivity contribution in [1.82, 2.24) is 10.3 Å². The average molecular weight is 487 g/mol. The minimum atomic E-state index is -0.833. The van der Waals surface area contributed by atoms with Crippen molar-refractivity contribution in [2.45, 2.75) is 71.0 Å². The zero-order valence-electron chi connectivity index (χ0n) is 22.5. The number of benzene rings is 1. The van der Waals surface area contributed by atoms with Gasteiger partial charge in [-0.25, -0.2) is 0 Å². The molecule has 5 atom stereocenters. The maximum Gasteiger partial charge on any atom is 0.0933 e. The summed E-state index contributed by atoms with van der Waals surface area (Å²) in [7, 11) is 3.75. The van der Waals surface area contributed by atoms with E-state index in [0.717, 1.165) is 44.1 Å². The van der Waals surface area contributed by atoms with Crippen LogP contribution in [0.5, 0.6) is 0 Å². The molecule has 6 rings (SSSR count). The van der Waals surface area contributed by atoms with Crippen LogP contribution < -0.4 is 5.32 Å². The van der Waals surface area contributed by atoms with Crippen LogP contribution >= 0.6 is 0 Å². The molecule has 0 saturated heterocycles. The maximum absolute atomic E-state index is 12.4. The quantitative estimate of drug-likeness (QED) is 0.458. The number of aliphatic hydroxyl groups excluding tert-OH is 1. The van der Waals surface area contributed by atoms with E-state index in [1.165, 1.54) is 27.5 Å². The molecule has 3 N–H and O–H groups in total. The number of hydrogen-bond donors (Lipinski definition) is 3. The van der Waals surface area contributed by atoms with Gasteiger partial charge in [0, 0.05) is 29.1 Å². The molecule has 4 aliphatic carbocycles. The summed E-state index contributed by atoms with van der Waals surface area (Å²) >= 11 is 0. The monoisotopic (exact) mass is 486 g/mol. The minimum absolute atomic E-state index is 0.129. The lowest BCUT2D eigenvalue weighted by molar-refractivity contribution is -0.0651. The second-order valence-corrected chi connectivity index (χ2v) is 12.1. The lowest BCUT2D eigenvalue weighted by Gasteiger charge is -2.56. The largest absolute Gasteiger partial charge is 0.393 e. The predicted molar refractivity (Wildman–Crippen MR) is 148 cm³/mol. The molecule has 1 aromatic carbocycles. The molecule has 0 aliphatic heterocycles.